The first-order valence-electron chi connectivity index (χ1n) is 6.17. The molecular weight excluding hydrogens is 210 g/mol. The van der Waals surface area contributed by atoms with Crippen LogP contribution in [0, 0.1) is 18.3 Å². The molecule has 0 bridgehead atoms. The van der Waals surface area contributed by atoms with Gasteiger partial charge in [0.15, 0.2) is 0 Å². The molecule has 2 nitrogen and oxygen atoms in total. The maximum Gasteiger partial charge on any atom is 0.0791 e. The quantitative estimate of drug-likeness (QED) is 0.784. The second-order valence-electron chi connectivity index (χ2n) is 4.80. The van der Waals surface area contributed by atoms with E-state index >= 15 is 0 Å². The molecule has 0 aromatic heterocycles. The minimum Gasteiger partial charge on any atom is -0.389 e. The Morgan fingerprint density at radius 1 is 1.41 bits per heavy atom. The average Bonchev–Trinajstić information content (AvgIpc) is 3.13. The van der Waals surface area contributed by atoms with Gasteiger partial charge in [-0.2, -0.15) is 0 Å². The lowest BCUT2D eigenvalue weighted by atomic mass is 10.1. The molecule has 1 N–H and O–H groups in total. The first kappa shape index (κ1) is 12.0. The molecule has 0 saturated heterocycles. The van der Waals surface area contributed by atoms with Crippen LogP contribution in [0.1, 0.15) is 31.4 Å². The minimum absolute atomic E-state index is 0.409. The summed E-state index contributed by atoms with van der Waals surface area (Å²) in [6.45, 7) is 3.49. The van der Waals surface area contributed by atoms with Crippen LogP contribution >= 0.6 is 0 Å². The van der Waals surface area contributed by atoms with Crippen LogP contribution in [0.25, 0.3) is 0 Å². The number of terminal acetylenes is 1. The van der Waals surface area contributed by atoms with Gasteiger partial charge in [-0.1, -0.05) is 18.1 Å². The summed E-state index contributed by atoms with van der Waals surface area (Å²) in [4.78, 5) is 2.24. The second-order valence-corrected chi connectivity index (χ2v) is 4.80. The summed E-state index contributed by atoms with van der Waals surface area (Å²) in [5, 5.41) is 9.47. The Bertz CT molecular complexity index is 398. The fraction of sp³-hybridized carbons (Fsp3) is 0.467. The van der Waals surface area contributed by atoms with E-state index in [2.05, 4.69) is 10.8 Å². The van der Waals surface area contributed by atoms with E-state index in [4.69, 9.17) is 6.42 Å². The number of aliphatic hydroxyl groups excluding tert-OH is 1. The fourth-order valence-electron chi connectivity index (χ4n) is 1.95. The summed E-state index contributed by atoms with van der Waals surface area (Å²) in [5.41, 5.74) is 2.10. The first-order chi connectivity index (χ1) is 8.20. The lowest BCUT2D eigenvalue weighted by molar-refractivity contribution is 0.199. The van der Waals surface area contributed by atoms with E-state index in [0.717, 1.165) is 23.7 Å². The van der Waals surface area contributed by atoms with Crippen molar-refractivity contribution >= 4 is 5.69 Å². The van der Waals surface area contributed by atoms with Crippen LogP contribution in [0.5, 0.6) is 0 Å². The molecule has 0 radical (unpaired) electrons. The summed E-state index contributed by atoms with van der Waals surface area (Å²) in [7, 11) is 0. The SMILES string of the molecule is C#CCN(CC1CC1)c1ccc([C@@H](C)O)cc1. The average molecular weight is 229 g/mol. The van der Waals surface area contributed by atoms with E-state index in [9.17, 15) is 5.11 Å². The van der Waals surface area contributed by atoms with E-state index in [0.29, 0.717) is 6.54 Å². The highest BCUT2D eigenvalue weighted by Gasteiger charge is 2.24. The minimum atomic E-state index is -0.409. The third kappa shape index (κ3) is 3.25. The van der Waals surface area contributed by atoms with Crippen LogP contribution in [0.15, 0.2) is 24.3 Å². The molecule has 1 saturated carbocycles. The molecule has 2 heteroatoms. The van der Waals surface area contributed by atoms with Gasteiger partial charge in [0.05, 0.1) is 12.6 Å². The van der Waals surface area contributed by atoms with Crippen LogP contribution in [0.4, 0.5) is 5.69 Å². The predicted molar refractivity (Wildman–Crippen MR) is 70.8 cm³/mol. The highest BCUT2D eigenvalue weighted by Crippen LogP contribution is 2.31. The lowest BCUT2D eigenvalue weighted by Crippen LogP contribution is -2.25. The molecule has 1 atom stereocenters. The molecule has 1 fully saturated rings. The number of hydrogen-bond donors (Lipinski definition) is 1. The van der Waals surface area contributed by atoms with Crippen molar-refractivity contribution in [1.29, 1.82) is 0 Å². The standard InChI is InChI=1S/C15H19NO/c1-3-10-16(11-13-4-5-13)15-8-6-14(7-9-15)12(2)17/h1,6-9,12-13,17H,4-5,10-11H2,2H3/t12-/m1/s1. The van der Waals surface area contributed by atoms with Crippen molar-refractivity contribution in [3.63, 3.8) is 0 Å². The van der Waals surface area contributed by atoms with Crippen LogP contribution in [0.3, 0.4) is 0 Å². The van der Waals surface area contributed by atoms with Gasteiger partial charge in [0.2, 0.25) is 0 Å². The van der Waals surface area contributed by atoms with Gasteiger partial charge in [-0.15, -0.1) is 6.42 Å². The summed E-state index contributed by atoms with van der Waals surface area (Å²) in [6.07, 6.45) is 7.65. The van der Waals surface area contributed by atoms with Crippen molar-refractivity contribution in [3.8, 4) is 12.3 Å². The molecule has 0 unspecified atom stereocenters. The van der Waals surface area contributed by atoms with Gasteiger partial charge in [-0.05, 0) is 43.4 Å². The zero-order valence-corrected chi connectivity index (χ0v) is 10.3. The highest BCUT2D eigenvalue weighted by atomic mass is 16.3. The molecule has 0 heterocycles. The van der Waals surface area contributed by atoms with E-state index < -0.39 is 6.10 Å². The van der Waals surface area contributed by atoms with Crippen molar-refractivity contribution in [2.75, 3.05) is 18.0 Å². The summed E-state index contributed by atoms with van der Waals surface area (Å²) in [5.74, 6) is 3.53. The van der Waals surface area contributed by atoms with Gasteiger partial charge in [-0.25, -0.2) is 0 Å². The smallest absolute Gasteiger partial charge is 0.0791 e. The Kier molecular flexibility index (Phi) is 3.71. The summed E-state index contributed by atoms with van der Waals surface area (Å²) < 4.78 is 0. The molecule has 0 spiro atoms. The van der Waals surface area contributed by atoms with Crippen LogP contribution in [-0.2, 0) is 0 Å². The maximum atomic E-state index is 9.47. The Morgan fingerprint density at radius 3 is 2.53 bits per heavy atom. The molecule has 17 heavy (non-hydrogen) atoms. The van der Waals surface area contributed by atoms with Gasteiger partial charge < -0.3 is 10.0 Å². The van der Waals surface area contributed by atoms with E-state index in [-0.39, 0.29) is 0 Å². The maximum absolute atomic E-state index is 9.47. The number of benzene rings is 1. The largest absolute Gasteiger partial charge is 0.389 e. The van der Waals surface area contributed by atoms with Crippen molar-refractivity contribution in [2.45, 2.75) is 25.9 Å². The lowest BCUT2D eigenvalue weighted by Gasteiger charge is -2.22. The molecule has 0 aliphatic heterocycles. The summed E-state index contributed by atoms with van der Waals surface area (Å²) in [6, 6.07) is 8.02. The number of aliphatic hydroxyl groups is 1. The number of rotatable bonds is 5. The van der Waals surface area contributed by atoms with Crippen LogP contribution in [0.2, 0.25) is 0 Å². The number of nitrogens with zero attached hydrogens (tertiary/aromatic N) is 1. The Hall–Kier alpha value is -1.46. The van der Waals surface area contributed by atoms with Gasteiger partial charge >= 0.3 is 0 Å². The Balaban J connectivity index is 2.08. The topological polar surface area (TPSA) is 23.5 Å². The third-order valence-corrected chi connectivity index (χ3v) is 3.20. The second kappa shape index (κ2) is 5.25. The van der Waals surface area contributed by atoms with E-state index in [1.807, 2.05) is 24.3 Å². The van der Waals surface area contributed by atoms with E-state index in [1.54, 1.807) is 6.92 Å². The van der Waals surface area contributed by atoms with Crippen LogP contribution < -0.4 is 4.90 Å². The molecule has 1 aromatic rings. The van der Waals surface area contributed by atoms with Gasteiger partial charge in [-0.3, -0.25) is 0 Å². The monoisotopic (exact) mass is 229 g/mol. The first-order valence-corrected chi connectivity index (χ1v) is 6.17. The highest BCUT2D eigenvalue weighted by molar-refractivity contribution is 5.49. The van der Waals surface area contributed by atoms with E-state index in [1.165, 1.54) is 12.8 Å². The van der Waals surface area contributed by atoms with Gasteiger partial charge in [0.25, 0.3) is 0 Å². The molecule has 2 rings (SSSR count). The number of anilines is 1. The molecule has 1 aliphatic rings. The molecule has 0 amide bonds. The van der Waals surface area contributed by atoms with Crippen molar-refractivity contribution in [3.05, 3.63) is 29.8 Å². The molecular formula is C15H19NO. The third-order valence-electron chi connectivity index (χ3n) is 3.20. The van der Waals surface area contributed by atoms with Crippen LogP contribution in [-0.4, -0.2) is 18.2 Å². The number of hydrogen-bond acceptors (Lipinski definition) is 2. The van der Waals surface area contributed by atoms with Crippen molar-refractivity contribution in [1.82, 2.24) is 0 Å². The predicted octanol–water partition coefficient (Wildman–Crippen LogP) is 2.59. The zero-order chi connectivity index (χ0) is 12.3. The fourth-order valence-corrected chi connectivity index (χ4v) is 1.95. The van der Waals surface area contributed by atoms with Crippen molar-refractivity contribution in [2.24, 2.45) is 5.92 Å². The summed E-state index contributed by atoms with van der Waals surface area (Å²) >= 11 is 0. The molecule has 1 aliphatic carbocycles. The van der Waals surface area contributed by atoms with Gasteiger partial charge in [0, 0.05) is 12.2 Å². The zero-order valence-electron chi connectivity index (χ0n) is 10.3. The normalized spacial score (nSPS) is 16.3. The molecule has 1 aromatic carbocycles. The van der Waals surface area contributed by atoms with Gasteiger partial charge in [0.1, 0.15) is 0 Å². The Labute approximate surface area is 103 Å². The van der Waals surface area contributed by atoms with Crippen molar-refractivity contribution < 1.29 is 5.11 Å². The Morgan fingerprint density at radius 2 is 2.06 bits per heavy atom. The molecule has 90 valence electrons.